The topological polar surface area (TPSA) is 49.5 Å². The van der Waals surface area contributed by atoms with Crippen molar-refractivity contribution in [2.75, 3.05) is 26.7 Å². The molecule has 0 amide bonds. The van der Waals surface area contributed by atoms with Crippen molar-refractivity contribution < 1.29 is 5.11 Å². The van der Waals surface area contributed by atoms with Gasteiger partial charge < -0.3 is 10.8 Å². The van der Waals surface area contributed by atoms with E-state index in [-0.39, 0.29) is 12.1 Å². The van der Waals surface area contributed by atoms with Crippen molar-refractivity contribution >= 4 is 0 Å². The lowest BCUT2D eigenvalue weighted by molar-refractivity contribution is 0.120. The molecular weight excluding hydrogens is 164 g/mol. The molecule has 0 aromatic carbocycles. The first-order chi connectivity index (χ1) is 6.25. The van der Waals surface area contributed by atoms with Crippen molar-refractivity contribution in [2.45, 2.75) is 37.6 Å². The van der Waals surface area contributed by atoms with Crippen LogP contribution in [-0.4, -0.2) is 42.3 Å². The van der Waals surface area contributed by atoms with Crippen LogP contribution in [0.1, 0.15) is 32.1 Å². The third kappa shape index (κ3) is 2.42. The highest BCUT2D eigenvalue weighted by molar-refractivity contribution is 4.94. The monoisotopic (exact) mass is 186 g/mol. The lowest BCUT2D eigenvalue weighted by Gasteiger charge is -2.37. The van der Waals surface area contributed by atoms with Gasteiger partial charge in [-0.2, -0.15) is 0 Å². The van der Waals surface area contributed by atoms with Gasteiger partial charge in [0.2, 0.25) is 0 Å². The van der Waals surface area contributed by atoms with Gasteiger partial charge in [-0.25, -0.2) is 0 Å². The Kier molecular flexibility index (Phi) is 4.16. The second-order valence-corrected chi connectivity index (χ2v) is 4.13. The lowest BCUT2D eigenvalue weighted by atomic mass is 9.95. The molecular formula is C10H22N2O. The summed E-state index contributed by atoms with van der Waals surface area (Å²) >= 11 is 0. The molecule has 0 aromatic heterocycles. The van der Waals surface area contributed by atoms with E-state index in [4.69, 9.17) is 10.8 Å². The van der Waals surface area contributed by atoms with Crippen LogP contribution >= 0.6 is 0 Å². The molecule has 0 unspecified atom stereocenters. The van der Waals surface area contributed by atoms with Gasteiger partial charge >= 0.3 is 0 Å². The van der Waals surface area contributed by atoms with Crippen LogP contribution in [0.3, 0.4) is 0 Å². The Bertz CT molecular complexity index is 144. The molecule has 0 spiro atoms. The van der Waals surface area contributed by atoms with E-state index in [0.717, 1.165) is 19.5 Å². The Morgan fingerprint density at radius 1 is 1.38 bits per heavy atom. The second kappa shape index (κ2) is 4.94. The lowest BCUT2D eigenvalue weighted by Crippen LogP contribution is -2.50. The summed E-state index contributed by atoms with van der Waals surface area (Å²) in [4.78, 5) is 2.34. The summed E-state index contributed by atoms with van der Waals surface area (Å²) in [5.74, 6) is 0. The van der Waals surface area contributed by atoms with Gasteiger partial charge in [0, 0.05) is 25.2 Å². The van der Waals surface area contributed by atoms with Gasteiger partial charge in [0.1, 0.15) is 0 Å². The summed E-state index contributed by atoms with van der Waals surface area (Å²) in [6, 6.07) is 0. The van der Waals surface area contributed by atoms with Gasteiger partial charge in [-0.05, 0) is 26.3 Å². The van der Waals surface area contributed by atoms with Crippen LogP contribution in [0, 0.1) is 0 Å². The van der Waals surface area contributed by atoms with Crippen molar-refractivity contribution in [3.63, 3.8) is 0 Å². The molecule has 78 valence electrons. The predicted octanol–water partition coefficient (Wildman–Crippen LogP) is 0.572. The predicted molar refractivity (Wildman–Crippen MR) is 54.6 cm³/mol. The fourth-order valence-corrected chi connectivity index (χ4v) is 2.32. The summed E-state index contributed by atoms with van der Waals surface area (Å²) in [5.41, 5.74) is 6.08. The molecule has 0 bridgehead atoms. The number of rotatable bonds is 5. The SMILES string of the molecule is CN(CCCO)C1(CN)CCCC1. The van der Waals surface area contributed by atoms with Crippen LogP contribution in [0.4, 0.5) is 0 Å². The van der Waals surface area contributed by atoms with Gasteiger partial charge in [-0.15, -0.1) is 0 Å². The minimum atomic E-state index is 0.245. The van der Waals surface area contributed by atoms with Gasteiger partial charge in [0.15, 0.2) is 0 Å². The van der Waals surface area contributed by atoms with Crippen LogP contribution in [0.5, 0.6) is 0 Å². The number of nitrogens with zero attached hydrogens (tertiary/aromatic N) is 1. The molecule has 0 aromatic rings. The zero-order valence-electron chi connectivity index (χ0n) is 8.63. The summed E-state index contributed by atoms with van der Waals surface area (Å²) in [5, 5.41) is 8.76. The summed E-state index contributed by atoms with van der Waals surface area (Å²) in [6.07, 6.45) is 5.93. The fourth-order valence-electron chi connectivity index (χ4n) is 2.32. The molecule has 0 aliphatic heterocycles. The Balaban J connectivity index is 2.44. The fraction of sp³-hybridized carbons (Fsp3) is 1.00. The van der Waals surface area contributed by atoms with Gasteiger partial charge in [0.25, 0.3) is 0 Å². The van der Waals surface area contributed by atoms with Gasteiger partial charge in [0.05, 0.1) is 0 Å². The average Bonchev–Trinajstić information content (AvgIpc) is 2.63. The van der Waals surface area contributed by atoms with Gasteiger partial charge in [-0.3, -0.25) is 4.90 Å². The number of nitrogens with two attached hydrogens (primary N) is 1. The van der Waals surface area contributed by atoms with Gasteiger partial charge in [-0.1, -0.05) is 12.8 Å². The van der Waals surface area contributed by atoms with Crippen molar-refractivity contribution in [3.8, 4) is 0 Å². The quantitative estimate of drug-likeness (QED) is 0.660. The van der Waals surface area contributed by atoms with Crippen LogP contribution in [-0.2, 0) is 0 Å². The summed E-state index contributed by atoms with van der Waals surface area (Å²) < 4.78 is 0. The number of likely N-dealkylation sites (N-methyl/N-ethyl adjacent to an activating group) is 1. The smallest absolute Gasteiger partial charge is 0.0443 e. The molecule has 1 saturated carbocycles. The van der Waals surface area contributed by atoms with E-state index >= 15 is 0 Å². The number of aliphatic hydroxyl groups is 1. The molecule has 3 N–H and O–H groups in total. The molecule has 13 heavy (non-hydrogen) atoms. The van der Waals surface area contributed by atoms with Crippen molar-refractivity contribution in [1.29, 1.82) is 0 Å². The molecule has 3 nitrogen and oxygen atoms in total. The van der Waals surface area contributed by atoms with Crippen LogP contribution < -0.4 is 5.73 Å². The second-order valence-electron chi connectivity index (χ2n) is 4.13. The average molecular weight is 186 g/mol. The van der Waals surface area contributed by atoms with Crippen molar-refractivity contribution in [3.05, 3.63) is 0 Å². The maximum absolute atomic E-state index is 8.76. The molecule has 3 heteroatoms. The first kappa shape index (κ1) is 11.0. The van der Waals surface area contributed by atoms with E-state index in [2.05, 4.69) is 11.9 Å². The molecule has 1 fully saturated rings. The maximum atomic E-state index is 8.76. The molecule has 1 rings (SSSR count). The third-order valence-electron chi connectivity index (χ3n) is 3.38. The normalized spacial score (nSPS) is 21.2. The zero-order chi connectivity index (χ0) is 9.73. The molecule has 0 saturated heterocycles. The highest BCUT2D eigenvalue weighted by Gasteiger charge is 2.35. The molecule has 0 radical (unpaired) electrons. The third-order valence-corrected chi connectivity index (χ3v) is 3.38. The van der Waals surface area contributed by atoms with Crippen LogP contribution in [0.25, 0.3) is 0 Å². The summed E-state index contributed by atoms with van der Waals surface area (Å²) in [7, 11) is 2.13. The Hall–Kier alpha value is -0.120. The summed E-state index contributed by atoms with van der Waals surface area (Å²) in [6.45, 7) is 2.01. The number of hydrogen-bond donors (Lipinski definition) is 2. The molecule has 1 aliphatic rings. The number of aliphatic hydroxyl groups excluding tert-OH is 1. The Labute approximate surface area is 80.9 Å². The minimum absolute atomic E-state index is 0.245. The van der Waals surface area contributed by atoms with E-state index in [1.54, 1.807) is 0 Å². The first-order valence-electron chi connectivity index (χ1n) is 5.27. The van der Waals surface area contributed by atoms with E-state index < -0.39 is 0 Å². The zero-order valence-corrected chi connectivity index (χ0v) is 8.63. The standard InChI is InChI=1S/C10H22N2O/c1-12(7-4-8-13)10(9-11)5-2-3-6-10/h13H,2-9,11H2,1H3. The minimum Gasteiger partial charge on any atom is -0.396 e. The highest BCUT2D eigenvalue weighted by Crippen LogP contribution is 2.33. The van der Waals surface area contributed by atoms with E-state index in [1.807, 2.05) is 0 Å². The molecule has 1 aliphatic carbocycles. The van der Waals surface area contributed by atoms with E-state index in [0.29, 0.717) is 0 Å². The largest absolute Gasteiger partial charge is 0.396 e. The number of hydrogen-bond acceptors (Lipinski definition) is 3. The van der Waals surface area contributed by atoms with Crippen LogP contribution in [0.15, 0.2) is 0 Å². The molecule has 0 heterocycles. The van der Waals surface area contributed by atoms with E-state index in [9.17, 15) is 0 Å². The highest BCUT2D eigenvalue weighted by atomic mass is 16.3. The maximum Gasteiger partial charge on any atom is 0.0443 e. The van der Waals surface area contributed by atoms with E-state index in [1.165, 1.54) is 25.7 Å². The Morgan fingerprint density at radius 3 is 2.46 bits per heavy atom. The molecule has 0 atom stereocenters. The van der Waals surface area contributed by atoms with Crippen molar-refractivity contribution in [1.82, 2.24) is 4.90 Å². The van der Waals surface area contributed by atoms with Crippen molar-refractivity contribution in [2.24, 2.45) is 5.73 Å². The Morgan fingerprint density at radius 2 is 2.00 bits per heavy atom. The van der Waals surface area contributed by atoms with Crippen LogP contribution in [0.2, 0.25) is 0 Å². The first-order valence-corrected chi connectivity index (χ1v) is 5.27.